The molecule has 1 fully saturated rings. The molecule has 114 valence electrons. The second kappa shape index (κ2) is 6.80. The average Bonchev–Trinajstić information content (AvgIpc) is 2.87. The number of hydrogen-bond donors (Lipinski definition) is 0. The van der Waals surface area contributed by atoms with Gasteiger partial charge in [-0.1, -0.05) is 30.9 Å². The number of halogens is 1. The van der Waals surface area contributed by atoms with Crippen molar-refractivity contribution in [2.75, 3.05) is 13.7 Å². The maximum atomic E-state index is 6.18. The van der Waals surface area contributed by atoms with Crippen LogP contribution in [0.15, 0.2) is 18.2 Å². The Labute approximate surface area is 131 Å². The van der Waals surface area contributed by atoms with Crippen LogP contribution in [0.5, 0.6) is 0 Å². The maximum Gasteiger partial charge on any atom is 0.112 e. The minimum atomic E-state index is 0.604. The smallest absolute Gasteiger partial charge is 0.112 e. The Hall–Kier alpha value is -1.06. The number of rotatable bonds is 5. The van der Waals surface area contributed by atoms with Crippen LogP contribution in [-0.4, -0.2) is 23.3 Å². The van der Waals surface area contributed by atoms with E-state index in [2.05, 4.69) is 4.57 Å². The van der Waals surface area contributed by atoms with Gasteiger partial charge in [0, 0.05) is 31.2 Å². The molecule has 1 heterocycles. The summed E-state index contributed by atoms with van der Waals surface area (Å²) in [4.78, 5) is 4.92. The van der Waals surface area contributed by atoms with E-state index in [0.29, 0.717) is 5.92 Å². The van der Waals surface area contributed by atoms with Crippen LogP contribution in [-0.2, 0) is 11.3 Å². The zero-order chi connectivity index (χ0) is 14.7. The third kappa shape index (κ3) is 3.24. The van der Waals surface area contributed by atoms with Crippen molar-refractivity contribution in [1.29, 1.82) is 0 Å². The van der Waals surface area contributed by atoms with Crippen molar-refractivity contribution in [2.24, 2.45) is 0 Å². The molecule has 1 aliphatic carbocycles. The van der Waals surface area contributed by atoms with Crippen molar-refractivity contribution in [3.8, 4) is 0 Å². The predicted molar refractivity (Wildman–Crippen MR) is 87.1 cm³/mol. The van der Waals surface area contributed by atoms with Crippen LogP contribution < -0.4 is 0 Å². The van der Waals surface area contributed by atoms with Crippen LogP contribution in [0.3, 0.4) is 0 Å². The van der Waals surface area contributed by atoms with Gasteiger partial charge in [0.25, 0.3) is 0 Å². The van der Waals surface area contributed by atoms with Gasteiger partial charge in [-0.05, 0) is 37.5 Å². The van der Waals surface area contributed by atoms with Gasteiger partial charge >= 0.3 is 0 Å². The molecule has 0 bridgehead atoms. The van der Waals surface area contributed by atoms with Crippen molar-refractivity contribution in [3.63, 3.8) is 0 Å². The van der Waals surface area contributed by atoms with Crippen LogP contribution in [0.25, 0.3) is 11.0 Å². The van der Waals surface area contributed by atoms with Gasteiger partial charge in [-0.25, -0.2) is 4.98 Å². The Morgan fingerprint density at radius 3 is 2.86 bits per heavy atom. The number of fused-ring (bicyclic) bond motifs is 1. The van der Waals surface area contributed by atoms with Crippen LogP contribution in [0.2, 0.25) is 5.02 Å². The average molecular weight is 307 g/mol. The highest BCUT2D eigenvalue weighted by molar-refractivity contribution is 6.31. The molecule has 0 saturated heterocycles. The van der Waals surface area contributed by atoms with E-state index < -0.39 is 0 Å². The molecule has 1 aromatic carbocycles. The van der Waals surface area contributed by atoms with Crippen molar-refractivity contribution in [3.05, 3.63) is 29.0 Å². The zero-order valence-corrected chi connectivity index (χ0v) is 13.4. The molecule has 4 heteroatoms. The quantitative estimate of drug-likeness (QED) is 0.744. The summed E-state index contributed by atoms with van der Waals surface area (Å²) in [5, 5.41) is 0.783. The van der Waals surface area contributed by atoms with E-state index in [4.69, 9.17) is 21.3 Å². The minimum absolute atomic E-state index is 0.604. The van der Waals surface area contributed by atoms with Crippen molar-refractivity contribution in [1.82, 2.24) is 9.55 Å². The van der Waals surface area contributed by atoms with E-state index in [9.17, 15) is 0 Å². The Morgan fingerprint density at radius 1 is 1.29 bits per heavy atom. The largest absolute Gasteiger partial charge is 0.385 e. The Bertz CT molecular complexity index is 602. The van der Waals surface area contributed by atoms with E-state index >= 15 is 0 Å². The molecule has 3 rings (SSSR count). The van der Waals surface area contributed by atoms with Crippen molar-refractivity contribution < 1.29 is 4.74 Å². The normalized spacial score (nSPS) is 16.7. The second-order valence-electron chi connectivity index (χ2n) is 5.94. The van der Waals surface area contributed by atoms with E-state index in [1.54, 1.807) is 7.11 Å². The first-order valence-electron chi connectivity index (χ1n) is 7.94. The zero-order valence-electron chi connectivity index (χ0n) is 12.6. The third-order valence-corrected chi connectivity index (χ3v) is 4.68. The fourth-order valence-electron chi connectivity index (χ4n) is 3.39. The lowest BCUT2D eigenvalue weighted by Gasteiger charge is -2.22. The first-order chi connectivity index (χ1) is 10.3. The van der Waals surface area contributed by atoms with Crippen LogP contribution in [0.1, 0.15) is 50.3 Å². The number of aryl methyl sites for hydroxylation is 1. The first-order valence-corrected chi connectivity index (χ1v) is 8.32. The lowest BCUT2D eigenvalue weighted by molar-refractivity contribution is 0.190. The molecule has 21 heavy (non-hydrogen) atoms. The van der Waals surface area contributed by atoms with Gasteiger partial charge in [-0.15, -0.1) is 0 Å². The predicted octanol–water partition coefficient (Wildman–Crippen LogP) is 4.77. The number of aromatic nitrogens is 2. The van der Waals surface area contributed by atoms with Crippen molar-refractivity contribution >= 4 is 22.6 Å². The van der Waals surface area contributed by atoms with Crippen LogP contribution in [0.4, 0.5) is 0 Å². The Morgan fingerprint density at radius 2 is 2.10 bits per heavy atom. The molecule has 0 atom stereocenters. The summed E-state index contributed by atoms with van der Waals surface area (Å²) in [5.74, 6) is 1.86. The van der Waals surface area contributed by atoms with Gasteiger partial charge in [0.1, 0.15) is 5.82 Å². The summed E-state index contributed by atoms with van der Waals surface area (Å²) >= 11 is 6.18. The number of ether oxygens (including phenoxy) is 1. The number of methoxy groups -OCH3 is 1. The standard InChI is InChI=1S/C17H23ClN2O/c1-21-11-5-10-20-16-12-14(18)8-9-15(16)19-17(20)13-6-3-2-4-7-13/h8-9,12-13H,2-7,10-11H2,1H3. The number of nitrogens with zero attached hydrogens (tertiary/aromatic N) is 2. The van der Waals surface area contributed by atoms with Gasteiger partial charge in [-0.3, -0.25) is 0 Å². The van der Waals surface area contributed by atoms with Crippen LogP contribution >= 0.6 is 11.6 Å². The van der Waals surface area contributed by atoms with E-state index in [-0.39, 0.29) is 0 Å². The molecule has 3 nitrogen and oxygen atoms in total. The molecule has 0 unspecified atom stereocenters. The topological polar surface area (TPSA) is 27.1 Å². The van der Waals surface area contributed by atoms with Crippen LogP contribution in [0, 0.1) is 0 Å². The molecule has 0 radical (unpaired) electrons. The molecule has 2 aromatic rings. The van der Waals surface area contributed by atoms with Gasteiger partial charge in [0.15, 0.2) is 0 Å². The SMILES string of the molecule is COCCCn1c(C2CCCCC2)nc2ccc(Cl)cc21. The third-order valence-electron chi connectivity index (χ3n) is 4.44. The lowest BCUT2D eigenvalue weighted by Crippen LogP contribution is -2.13. The maximum absolute atomic E-state index is 6.18. The molecule has 0 aliphatic heterocycles. The molecule has 0 N–H and O–H groups in total. The summed E-state index contributed by atoms with van der Waals surface area (Å²) in [7, 11) is 1.75. The number of hydrogen-bond acceptors (Lipinski definition) is 2. The molecule has 1 saturated carbocycles. The number of benzene rings is 1. The number of imidazole rings is 1. The summed E-state index contributed by atoms with van der Waals surface area (Å²) in [6, 6.07) is 6.01. The molecule has 0 amide bonds. The highest BCUT2D eigenvalue weighted by Gasteiger charge is 2.22. The Kier molecular flexibility index (Phi) is 4.81. The molecular weight excluding hydrogens is 284 g/mol. The highest BCUT2D eigenvalue weighted by Crippen LogP contribution is 2.34. The van der Waals surface area contributed by atoms with E-state index in [0.717, 1.165) is 30.1 Å². The molecule has 1 aromatic heterocycles. The van der Waals surface area contributed by atoms with Gasteiger partial charge in [-0.2, -0.15) is 0 Å². The fraction of sp³-hybridized carbons (Fsp3) is 0.588. The second-order valence-corrected chi connectivity index (χ2v) is 6.37. The molecule has 0 spiro atoms. The van der Waals surface area contributed by atoms with Gasteiger partial charge < -0.3 is 9.30 Å². The Balaban J connectivity index is 1.97. The van der Waals surface area contributed by atoms with E-state index in [1.807, 2.05) is 18.2 Å². The fourth-order valence-corrected chi connectivity index (χ4v) is 3.56. The summed E-state index contributed by atoms with van der Waals surface area (Å²) in [6.07, 6.45) is 7.56. The van der Waals surface area contributed by atoms with Crippen molar-refractivity contribution in [2.45, 2.75) is 51.0 Å². The van der Waals surface area contributed by atoms with Gasteiger partial charge in [0.05, 0.1) is 11.0 Å². The summed E-state index contributed by atoms with van der Waals surface area (Å²) in [5.41, 5.74) is 2.23. The molecule has 1 aliphatic rings. The monoisotopic (exact) mass is 306 g/mol. The summed E-state index contributed by atoms with van der Waals surface area (Å²) in [6.45, 7) is 1.74. The van der Waals surface area contributed by atoms with Gasteiger partial charge in [0.2, 0.25) is 0 Å². The highest BCUT2D eigenvalue weighted by atomic mass is 35.5. The summed E-state index contributed by atoms with van der Waals surface area (Å²) < 4.78 is 7.57. The minimum Gasteiger partial charge on any atom is -0.385 e. The van der Waals surface area contributed by atoms with E-state index in [1.165, 1.54) is 43.4 Å². The first kappa shape index (κ1) is 14.9. The lowest BCUT2D eigenvalue weighted by atomic mass is 9.88. The molecular formula is C17H23ClN2O.